The predicted molar refractivity (Wildman–Crippen MR) is 136 cm³/mol. The van der Waals surface area contributed by atoms with Crippen LogP contribution in [0.1, 0.15) is 67.7 Å². The molecule has 0 aliphatic heterocycles. The molecule has 0 aromatic heterocycles. The molecule has 0 aliphatic carbocycles. The van der Waals surface area contributed by atoms with E-state index in [9.17, 15) is 5.11 Å². The number of hydrogen-bond acceptors (Lipinski definition) is 1. The normalized spacial score (nSPS) is 12.2. The summed E-state index contributed by atoms with van der Waals surface area (Å²) < 4.78 is 0. The molecule has 1 N–H and O–H groups in total. The SMILES string of the molecule is CCCCCCCCc1ccc(C(O)(c2ccccc2)[c-]2cccc2)cc1.[Fe].[cH-]1[cH-][cH-][cH-][cH-]1. The first-order valence-corrected chi connectivity index (χ1v) is 12.0. The fourth-order valence-corrected chi connectivity index (χ4v) is 4.14. The van der Waals surface area contributed by atoms with Crippen LogP contribution in [0.5, 0.6) is 0 Å². The monoisotopic (exact) mass is 480 g/mol. The Morgan fingerprint density at radius 3 is 1.76 bits per heavy atom. The Bertz CT molecular complexity index is 939. The minimum Gasteiger partial charge on any atom is -0.748 e. The van der Waals surface area contributed by atoms with Gasteiger partial charge < -0.3 is 35.4 Å². The van der Waals surface area contributed by atoms with Crippen LogP contribution in [0, 0.1) is 0 Å². The van der Waals surface area contributed by atoms with E-state index in [1.54, 1.807) is 0 Å². The minimum absolute atomic E-state index is 0. The third-order valence-electron chi connectivity index (χ3n) is 6.02. The largest absolute Gasteiger partial charge is 0.748 e. The maximum atomic E-state index is 11.7. The van der Waals surface area contributed by atoms with Crippen molar-refractivity contribution in [3.05, 3.63) is 131 Å². The molecular formula is C31H36FeO-6. The Morgan fingerprint density at radius 2 is 1.18 bits per heavy atom. The summed E-state index contributed by atoms with van der Waals surface area (Å²) in [7, 11) is 0. The van der Waals surface area contributed by atoms with Gasteiger partial charge in [0.1, 0.15) is 0 Å². The van der Waals surface area contributed by atoms with Gasteiger partial charge in [0.05, 0.1) is 5.60 Å². The van der Waals surface area contributed by atoms with Gasteiger partial charge in [-0.05, 0) is 29.5 Å². The molecule has 0 aliphatic rings. The molecule has 0 amide bonds. The number of hydrogen-bond donors (Lipinski definition) is 1. The third kappa shape index (κ3) is 7.86. The molecule has 1 atom stereocenters. The zero-order valence-electron chi connectivity index (χ0n) is 19.6. The summed E-state index contributed by atoms with van der Waals surface area (Å²) in [5.74, 6) is 0. The van der Waals surface area contributed by atoms with Crippen LogP contribution >= 0.6 is 0 Å². The molecule has 0 heterocycles. The zero-order chi connectivity index (χ0) is 22.5. The Balaban J connectivity index is 0.000000568. The smallest absolute Gasteiger partial charge is 0.0962 e. The van der Waals surface area contributed by atoms with E-state index in [1.807, 2.05) is 84.9 Å². The van der Waals surface area contributed by atoms with Crippen LogP contribution in [-0.4, -0.2) is 5.11 Å². The average molecular weight is 480 g/mol. The van der Waals surface area contributed by atoms with Gasteiger partial charge in [0.25, 0.3) is 0 Å². The van der Waals surface area contributed by atoms with Crippen LogP contribution in [0.2, 0.25) is 0 Å². The molecule has 1 unspecified atom stereocenters. The molecule has 4 rings (SSSR count). The fourth-order valence-electron chi connectivity index (χ4n) is 4.14. The molecule has 4 aromatic carbocycles. The summed E-state index contributed by atoms with van der Waals surface area (Å²) in [6, 6.07) is 36.4. The van der Waals surface area contributed by atoms with E-state index in [4.69, 9.17) is 0 Å². The molecule has 1 nitrogen and oxygen atoms in total. The first kappa shape index (κ1) is 26.9. The van der Waals surface area contributed by atoms with Gasteiger partial charge in [-0.15, -0.1) is 5.56 Å². The summed E-state index contributed by atoms with van der Waals surface area (Å²) >= 11 is 0. The van der Waals surface area contributed by atoms with Crippen molar-refractivity contribution < 1.29 is 22.2 Å². The Morgan fingerprint density at radius 1 is 0.667 bits per heavy atom. The molecular weight excluding hydrogens is 444 g/mol. The maximum absolute atomic E-state index is 11.7. The summed E-state index contributed by atoms with van der Waals surface area (Å²) in [6.45, 7) is 2.26. The van der Waals surface area contributed by atoms with Crippen molar-refractivity contribution in [3.63, 3.8) is 0 Å². The van der Waals surface area contributed by atoms with Crippen molar-refractivity contribution in [1.82, 2.24) is 0 Å². The summed E-state index contributed by atoms with van der Waals surface area (Å²) in [5, 5.41) is 11.7. The Hall–Kier alpha value is -2.38. The number of unbranched alkanes of at least 4 members (excludes halogenated alkanes) is 5. The Kier molecular flexibility index (Phi) is 12.0. The van der Waals surface area contributed by atoms with Gasteiger partial charge in [-0.25, -0.2) is 12.1 Å². The van der Waals surface area contributed by atoms with Gasteiger partial charge in [-0.1, -0.05) is 93.6 Å². The first-order chi connectivity index (χ1) is 15.7. The van der Waals surface area contributed by atoms with E-state index in [1.165, 1.54) is 44.1 Å². The zero-order valence-corrected chi connectivity index (χ0v) is 20.7. The van der Waals surface area contributed by atoms with Crippen LogP contribution in [0.25, 0.3) is 0 Å². The molecule has 0 bridgehead atoms. The van der Waals surface area contributed by atoms with E-state index >= 15 is 0 Å². The molecule has 180 valence electrons. The summed E-state index contributed by atoms with van der Waals surface area (Å²) in [6.07, 6.45) is 9.03. The Labute approximate surface area is 210 Å². The van der Waals surface area contributed by atoms with E-state index < -0.39 is 5.60 Å². The van der Waals surface area contributed by atoms with E-state index in [0.29, 0.717) is 0 Å². The standard InChI is InChI=1S/C26H31O.C5H5.Fe/c1-2-3-4-5-6-8-13-22-18-20-25(21-19-22)26(27,24-16-11-12-17-24)23-14-9-7-10-15-23;1-2-4-5-3-1;/h7,9-12,14-21,27H,2-6,8,13H2,1H3;1-5H;/q-1;-5;. The molecule has 0 spiro atoms. The number of benzene rings is 2. The molecule has 2 heteroatoms. The fraction of sp³-hybridized carbons (Fsp3) is 0.290. The van der Waals surface area contributed by atoms with E-state index in [0.717, 1.165) is 23.1 Å². The second-order valence-electron chi connectivity index (χ2n) is 8.43. The number of rotatable bonds is 10. The van der Waals surface area contributed by atoms with Gasteiger partial charge in [0.15, 0.2) is 0 Å². The van der Waals surface area contributed by atoms with Gasteiger partial charge in [-0.3, -0.25) is 0 Å². The van der Waals surface area contributed by atoms with Gasteiger partial charge in [0, 0.05) is 17.1 Å². The molecule has 0 saturated heterocycles. The molecule has 4 aromatic rings. The quantitative estimate of drug-likeness (QED) is 0.139. The van der Waals surface area contributed by atoms with E-state index in [2.05, 4.69) is 31.2 Å². The van der Waals surface area contributed by atoms with Gasteiger partial charge >= 0.3 is 0 Å². The van der Waals surface area contributed by atoms with Gasteiger partial charge in [0.2, 0.25) is 0 Å². The average Bonchev–Trinajstić information content (AvgIpc) is 3.59. The molecule has 33 heavy (non-hydrogen) atoms. The van der Waals surface area contributed by atoms with Crippen molar-refractivity contribution in [3.8, 4) is 0 Å². The van der Waals surface area contributed by atoms with Crippen molar-refractivity contribution in [2.24, 2.45) is 0 Å². The predicted octanol–water partition coefficient (Wildman–Crippen LogP) is 8.00. The third-order valence-corrected chi connectivity index (χ3v) is 6.02. The van der Waals surface area contributed by atoms with Crippen LogP contribution in [-0.2, 0) is 29.1 Å². The number of aliphatic hydroxyl groups is 1. The molecule has 0 radical (unpaired) electrons. The van der Waals surface area contributed by atoms with Crippen molar-refractivity contribution >= 4 is 0 Å². The second kappa shape index (κ2) is 14.7. The van der Waals surface area contributed by atoms with Crippen LogP contribution in [0.15, 0.2) is 109 Å². The minimum atomic E-state index is -1.11. The number of aryl methyl sites for hydroxylation is 1. The van der Waals surface area contributed by atoms with Gasteiger partial charge in [-0.2, -0.15) is 12.1 Å². The summed E-state index contributed by atoms with van der Waals surface area (Å²) in [5.41, 5.74) is 2.99. The van der Waals surface area contributed by atoms with Crippen molar-refractivity contribution in [2.45, 2.75) is 57.5 Å². The van der Waals surface area contributed by atoms with Crippen LogP contribution < -0.4 is 0 Å². The van der Waals surface area contributed by atoms with E-state index in [-0.39, 0.29) is 17.1 Å². The first-order valence-electron chi connectivity index (χ1n) is 12.0. The molecule has 0 saturated carbocycles. The summed E-state index contributed by atoms with van der Waals surface area (Å²) in [4.78, 5) is 0. The second-order valence-corrected chi connectivity index (χ2v) is 8.43. The van der Waals surface area contributed by atoms with Crippen molar-refractivity contribution in [1.29, 1.82) is 0 Å². The maximum Gasteiger partial charge on any atom is 0.0962 e. The topological polar surface area (TPSA) is 20.2 Å². The van der Waals surface area contributed by atoms with Crippen LogP contribution in [0.3, 0.4) is 0 Å². The van der Waals surface area contributed by atoms with Crippen LogP contribution in [0.4, 0.5) is 0 Å². The van der Waals surface area contributed by atoms with Crippen molar-refractivity contribution in [2.75, 3.05) is 0 Å². The molecule has 0 fully saturated rings.